The lowest BCUT2D eigenvalue weighted by atomic mass is 10.2. The molecule has 0 atom stereocenters. The molecule has 0 heterocycles. The fourth-order valence-corrected chi connectivity index (χ4v) is 1.04. The Balaban J connectivity index is 3.04. The molecule has 0 fully saturated rings. The number of halogens is 2. The van der Waals surface area contributed by atoms with E-state index in [1.54, 1.807) is 0 Å². The zero-order valence-electron chi connectivity index (χ0n) is 8.62. The maximum absolute atomic E-state index is 11.8. The van der Waals surface area contributed by atoms with Crippen molar-refractivity contribution in [3.05, 3.63) is 38.4 Å². The van der Waals surface area contributed by atoms with Crippen LogP contribution in [-0.4, -0.2) is 22.5 Å². The van der Waals surface area contributed by atoms with Gasteiger partial charge in [0.2, 0.25) is 0 Å². The maximum Gasteiger partial charge on any atom is 0.301 e. The molecule has 1 N–H and O–H groups in total. The van der Waals surface area contributed by atoms with Crippen LogP contribution in [0.5, 0.6) is 0 Å². The highest BCUT2D eigenvalue weighted by atomic mass is 19.3. The molecule has 0 saturated heterocycles. The van der Waals surface area contributed by atoms with Gasteiger partial charge in [-0.1, -0.05) is 0 Å². The second-order valence-electron chi connectivity index (χ2n) is 2.94. The van der Waals surface area contributed by atoms with Crippen molar-refractivity contribution in [3.63, 3.8) is 0 Å². The summed E-state index contributed by atoms with van der Waals surface area (Å²) >= 11 is 0. The van der Waals surface area contributed by atoms with Crippen LogP contribution in [-0.2, 0) is 0 Å². The first-order valence-corrected chi connectivity index (χ1v) is 4.42. The van der Waals surface area contributed by atoms with Crippen LogP contribution in [0.4, 0.5) is 25.8 Å². The third kappa shape index (κ3) is 3.43. The van der Waals surface area contributed by atoms with Crippen LogP contribution < -0.4 is 5.43 Å². The topological polar surface area (TPSA) is 111 Å². The molecular weight excluding hydrogens is 254 g/mol. The number of benzene rings is 1. The number of nitro benzene ring substituents is 2. The monoisotopic (exact) mass is 260 g/mol. The van der Waals surface area contributed by atoms with Crippen molar-refractivity contribution >= 4 is 23.3 Å². The molecule has 0 aliphatic carbocycles. The van der Waals surface area contributed by atoms with Gasteiger partial charge in [0.1, 0.15) is 5.69 Å². The van der Waals surface area contributed by atoms with E-state index in [-0.39, 0.29) is 11.9 Å². The number of anilines is 1. The zero-order chi connectivity index (χ0) is 13.7. The van der Waals surface area contributed by atoms with Gasteiger partial charge in [-0.05, 0) is 6.07 Å². The molecule has 96 valence electrons. The molecule has 0 unspecified atom stereocenters. The van der Waals surface area contributed by atoms with Gasteiger partial charge in [0.15, 0.2) is 0 Å². The van der Waals surface area contributed by atoms with Gasteiger partial charge in [-0.25, -0.2) is 8.78 Å². The number of nitrogens with one attached hydrogen (secondary N) is 1. The van der Waals surface area contributed by atoms with Crippen molar-refractivity contribution in [2.24, 2.45) is 5.10 Å². The van der Waals surface area contributed by atoms with E-state index in [1.807, 2.05) is 5.43 Å². The third-order valence-corrected chi connectivity index (χ3v) is 1.76. The molecule has 0 saturated carbocycles. The second kappa shape index (κ2) is 5.61. The summed E-state index contributed by atoms with van der Waals surface area (Å²) in [7, 11) is 0. The highest BCUT2D eigenvalue weighted by Gasteiger charge is 2.19. The molecule has 0 aliphatic heterocycles. The van der Waals surface area contributed by atoms with E-state index in [1.165, 1.54) is 0 Å². The molecule has 8 nitrogen and oxygen atoms in total. The van der Waals surface area contributed by atoms with Crippen LogP contribution in [0.15, 0.2) is 23.3 Å². The number of nitro groups is 2. The van der Waals surface area contributed by atoms with Crippen LogP contribution in [0.1, 0.15) is 0 Å². The lowest BCUT2D eigenvalue weighted by Crippen LogP contribution is -2.00. The fraction of sp³-hybridized carbons (Fsp3) is 0.125. The smallest absolute Gasteiger partial charge is 0.272 e. The molecule has 0 radical (unpaired) electrons. The van der Waals surface area contributed by atoms with Gasteiger partial charge in [0.05, 0.1) is 22.1 Å². The first kappa shape index (κ1) is 13.4. The Morgan fingerprint density at radius 1 is 1.28 bits per heavy atom. The van der Waals surface area contributed by atoms with Crippen molar-refractivity contribution in [1.82, 2.24) is 0 Å². The van der Waals surface area contributed by atoms with E-state index in [2.05, 4.69) is 5.10 Å². The Kier molecular flexibility index (Phi) is 4.18. The molecule has 18 heavy (non-hydrogen) atoms. The van der Waals surface area contributed by atoms with E-state index in [0.29, 0.717) is 6.07 Å². The Morgan fingerprint density at radius 3 is 2.44 bits per heavy atom. The summed E-state index contributed by atoms with van der Waals surface area (Å²) in [6, 6.07) is 2.71. The van der Waals surface area contributed by atoms with Gasteiger partial charge < -0.3 is 0 Å². The number of nitrogens with zero attached hydrogens (tertiary/aromatic N) is 3. The van der Waals surface area contributed by atoms with Crippen molar-refractivity contribution in [2.45, 2.75) is 6.43 Å². The van der Waals surface area contributed by atoms with E-state index in [4.69, 9.17) is 0 Å². The second-order valence-corrected chi connectivity index (χ2v) is 2.94. The van der Waals surface area contributed by atoms with Crippen LogP contribution in [0.25, 0.3) is 0 Å². The largest absolute Gasteiger partial charge is 0.301 e. The third-order valence-electron chi connectivity index (χ3n) is 1.76. The van der Waals surface area contributed by atoms with Crippen molar-refractivity contribution in [2.75, 3.05) is 5.43 Å². The van der Waals surface area contributed by atoms with Gasteiger partial charge in [-0.15, -0.1) is 0 Å². The number of hydrogen-bond acceptors (Lipinski definition) is 6. The molecule has 0 aliphatic rings. The minimum atomic E-state index is -2.81. The molecule has 1 aromatic carbocycles. The zero-order valence-corrected chi connectivity index (χ0v) is 8.62. The van der Waals surface area contributed by atoms with Gasteiger partial charge in [-0.2, -0.15) is 5.10 Å². The predicted molar refractivity (Wildman–Crippen MR) is 57.9 cm³/mol. The Labute approximate surface area is 98.2 Å². The van der Waals surface area contributed by atoms with Crippen LogP contribution in [0.2, 0.25) is 0 Å². The standard InChI is InChI=1S/C8H6F2N4O4/c9-8(10)4-11-12-6-2-1-5(13(15)16)3-7(6)14(17)18/h1-4,8,12H. The SMILES string of the molecule is O=[N+]([O-])c1ccc(NN=CC(F)F)c([N+](=O)[O-])c1. The summed E-state index contributed by atoms with van der Waals surface area (Å²) in [5.74, 6) is 0. The first-order chi connectivity index (χ1) is 8.41. The van der Waals surface area contributed by atoms with Crippen LogP contribution >= 0.6 is 0 Å². The van der Waals surface area contributed by atoms with Gasteiger partial charge >= 0.3 is 5.69 Å². The van der Waals surface area contributed by atoms with Crippen LogP contribution in [0.3, 0.4) is 0 Å². The highest BCUT2D eigenvalue weighted by molar-refractivity contribution is 5.68. The molecule has 0 amide bonds. The summed E-state index contributed by atoms with van der Waals surface area (Å²) in [6.45, 7) is 0. The van der Waals surface area contributed by atoms with E-state index in [0.717, 1.165) is 12.1 Å². The number of rotatable bonds is 5. The molecule has 1 rings (SSSR count). The summed E-state index contributed by atoms with van der Waals surface area (Å²) in [4.78, 5) is 19.4. The molecule has 0 bridgehead atoms. The fourth-order valence-electron chi connectivity index (χ4n) is 1.04. The Hall–Kier alpha value is -2.65. The molecule has 1 aromatic rings. The summed E-state index contributed by atoms with van der Waals surface area (Å²) in [5.41, 5.74) is 0.687. The lowest BCUT2D eigenvalue weighted by molar-refractivity contribution is -0.393. The van der Waals surface area contributed by atoms with Gasteiger partial charge in [0.25, 0.3) is 12.1 Å². The highest BCUT2D eigenvalue weighted by Crippen LogP contribution is 2.28. The van der Waals surface area contributed by atoms with Crippen LogP contribution in [0, 0.1) is 20.2 Å². The number of alkyl halides is 2. The Morgan fingerprint density at radius 2 is 1.94 bits per heavy atom. The summed E-state index contributed by atoms with van der Waals surface area (Å²) in [6.07, 6.45) is -2.57. The normalized spacial score (nSPS) is 10.8. The van der Waals surface area contributed by atoms with E-state index >= 15 is 0 Å². The predicted octanol–water partition coefficient (Wildman–Crippen LogP) is 2.17. The average Bonchev–Trinajstić information content (AvgIpc) is 2.28. The van der Waals surface area contributed by atoms with Gasteiger partial charge in [0, 0.05) is 6.07 Å². The van der Waals surface area contributed by atoms with Gasteiger partial charge in [-0.3, -0.25) is 25.7 Å². The Bertz CT molecular complexity index is 506. The average molecular weight is 260 g/mol. The quantitative estimate of drug-likeness (QED) is 0.495. The van der Waals surface area contributed by atoms with E-state index < -0.39 is 27.6 Å². The molecular formula is C8H6F2N4O4. The number of hydrazone groups is 1. The first-order valence-electron chi connectivity index (χ1n) is 4.42. The molecule has 10 heteroatoms. The number of non-ortho nitro benzene ring substituents is 1. The lowest BCUT2D eigenvalue weighted by Gasteiger charge is -2.01. The summed E-state index contributed by atoms with van der Waals surface area (Å²) in [5, 5.41) is 24.1. The van der Waals surface area contributed by atoms with E-state index in [9.17, 15) is 29.0 Å². The minimum Gasteiger partial charge on any atom is -0.272 e. The van der Waals surface area contributed by atoms with Crippen molar-refractivity contribution in [1.29, 1.82) is 0 Å². The maximum atomic E-state index is 11.8. The van der Waals surface area contributed by atoms with Crippen molar-refractivity contribution in [3.8, 4) is 0 Å². The summed E-state index contributed by atoms with van der Waals surface area (Å²) < 4.78 is 23.5. The molecule has 0 aromatic heterocycles. The molecule has 0 spiro atoms. The number of hydrogen-bond donors (Lipinski definition) is 1. The minimum absolute atomic E-state index is 0.220. The van der Waals surface area contributed by atoms with Crippen molar-refractivity contribution < 1.29 is 18.6 Å².